The van der Waals surface area contributed by atoms with Gasteiger partial charge in [-0.2, -0.15) is 0 Å². The van der Waals surface area contributed by atoms with Gasteiger partial charge in [-0.15, -0.1) is 0 Å². The highest BCUT2D eigenvalue weighted by atomic mass is 16.5. The van der Waals surface area contributed by atoms with Gasteiger partial charge in [0, 0.05) is 57.6 Å². The van der Waals surface area contributed by atoms with Gasteiger partial charge in [0.05, 0.1) is 12.7 Å². The number of Topliss-reactive ketones (excluding diaryl/α,β-unsaturated/α-hetero) is 1. The van der Waals surface area contributed by atoms with Crippen molar-refractivity contribution in [1.29, 1.82) is 0 Å². The summed E-state index contributed by atoms with van der Waals surface area (Å²) in [4.78, 5) is 45.4. The number of piperazine rings is 1. The molecule has 3 heterocycles. The average Bonchev–Trinajstić information content (AvgIpc) is 3.44. The number of hydrogen-bond donors (Lipinski definition) is 1. The fourth-order valence-corrected chi connectivity index (χ4v) is 5.37. The molecule has 3 aliphatic heterocycles. The summed E-state index contributed by atoms with van der Waals surface area (Å²) in [7, 11) is 1.72. The highest BCUT2D eigenvalue weighted by Crippen LogP contribution is 2.30. The van der Waals surface area contributed by atoms with E-state index in [2.05, 4.69) is 15.1 Å². The van der Waals surface area contributed by atoms with E-state index < -0.39 is 12.1 Å². The van der Waals surface area contributed by atoms with Gasteiger partial charge in [0.25, 0.3) is 5.91 Å². The first-order valence-electron chi connectivity index (χ1n) is 13.0. The number of ketones is 1. The summed E-state index contributed by atoms with van der Waals surface area (Å²) in [6.45, 7) is 12.2. The largest absolute Gasteiger partial charge is 0.383 e. The maximum absolute atomic E-state index is 13.5. The lowest BCUT2D eigenvalue weighted by atomic mass is 9.87. The number of rotatable bonds is 8. The molecule has 36 heavy (non-hydrogen) atoms. The minimum absolute atomic E-state index is 0.0539. The first-order valence-corrected chi connectivity index (χ1v) is 13.0. The zero-order valence-electron chi connectivity index (χ0n) is 22.0. The van der Waals surface area contributed by atoms with Crippen molar-refractivity contribution in [2.45, 2.75) is 51.8 Å². The number of nitrogens with zero attached hydrogens (tertiary/aromatic N) is 3. The Balaban J connectivity index is 1.39. The van der Waals surface area contributed by atoms with Crippen LogP contribution in [0.3, 0.4) is 0 Å². The Morgan fingerprint density at radius 3 is 2.44 bits per heavy atom. The van der Waals surface area contributed by atoms with E-state index in [1.54, 1.807) is 12.0 Å². The van der Waals surface area contributed by atoms with Crippen LogP contribution in [0.25, 0.3) is 0 Å². The molecular formula is C27H40N4O5. The molecule has 0 aliphatic carbocycles. The van der Waals surface area contributed by atoms with Crippen molar-refractivity contribution in [2.24, 2.45) is 5.41 Å². The molecule has 9 heteroatoms. The first kappa shape index (κ1) is 26.6. The van der Waals surface area contributed by atoms with Crippen LogP contribution in [-0.2, 0) is 19.1 Å². The van der Waals surface area contributed by atoms with E-state index in [0.717, 1.165) is 45.0 Å². The summed E-state index contributed by atoms with van der Waals surface area (Å²) in [5, 5.41) is 2.97. The second-order valence-electron chi connectivity index (χ2n) is 11.2. The van der Waals surface area contributed by atoms with Crippen LogP contribution in [0, 0.1) is 5.41 Å². The van der Waals surface area contributed by atoms with Gasteiger partial charge in [-0.3, -0.25) is 19.3 Å². The number of carbonyl (C=O) groups is 3. The van der Waals surface area contributed by atoms with Crippen molar-refractivity contribution < 1.29 is 23.9 Å². The molecule has 3 saturated heterocycles. The predicted octanol–water partition coefficient (Wildman–Crippen LogP) is 1.56. The molecule has 198 valence electrons. The molecule has 3 atom stereocenters. The lowest BCUT2D eigenvalue weighted by Crippen LogP contribution is -2.53. The van der Waals surface area contributed by atoms with Gasteiger partial charge in [-0.05, 0) is 42.5 Å². The van der Waals surface area contributed by atoms with Gasteiger partial charge < -0.3 is 24.6 Å². The summed E-state index contributed by atoms with van der Waals surface area (Å²) < 4.78 is 10.7. The van der Waals surface area contributed by atoms with Gasteiger partial charge in [-0.25, -0.2) is 0 Å². The third-order valence-corrected chi connectivity index (χ3v) is 7.29. The third-order valence-electron chi connectivity index (χ3n) is 7.29. The Morgan fingerprint density at radius 2 is 1.81 bits per heavy atom. The normalized spacial score (nSPS) is 23.6. The number of amides is 2. The molecule has 1 N–H and O–H groups in total. The van der Waals surface area contributed by atoms with Crippen molar-refractivity contribution in [3.05, 3.63) is 29.8 Å². The molecule has 0 radical (unpaired) electrons. The van der Waals surface area contributed by atoms with Crippen LogP contribution < -0.4 is 10.2 Å². The predicted molar refractivity (Wildman–Crippen MR) is 137 cm³/mol. The number of hydrogen-bond acceptors (Lipinski definition) is 7. The second-order valence-corrected chi connectivity index (χ2v) is 11.2. The van der Waals surface area contributed by atoms with Gasteiger partial charge in [0.2, 0.25) is 5.91 Å². The van der Waals surface area contributed by atoms with Crippen molar-refractivity contribution in [2.75, 3.05) is 64.5 Å². The molecule has 3 fully saturated rings. The van der Waals surface area contributed by atoms with E-state index in [-0.39, 0.29) is 35.7 Å². The second kappa shape index (κ2) is 11.3. The summed E-state index contributed by atoms with van der Waals surface area (Å²) in [6, 6.07) is 6.36. The van der Waals surface area contributed by atoms with E-state index in [0.29, 0.717) is 24.9 Å². The van der Waals surface area contributed by atoms with Crippen LogP contribution in [0.4, 0.5) is 5.69 Å². The van der Waals surface area contributed by atoms with Crippen molar-refractivity contribution >= 4 is 23.3 Å². The summed E-state index contributed by atoms with van der Waals surface area (Å²) in [5.41, 5.74) is 1.42. The first-order chi connectivity index (χ1) is 17.2. The smallest absolute Gasteiger partial charge is 0.251 e. The van der Waals surface area contributed by atoms with Crippen molar-refractivity contribution in [3.8, 4) is 0 Å². The molecule has 3 aliphatic rings. The Kier molecular flexibility index (Phi) is 8.32. The highest BCUT2D eigenvalue weighted by molar-refractivity contribution is 5.99. The maximum Gasteiger partial charge on any atom is 0.251 e. The standard InChI is InChI=1S/C27H40N4O5/c1-27(2,3)17-21(26(34)31-10-9-23-24(31)22(32)18-36-23)28-25(33)19-5-7-20(8-6-19)30-13-11-29(12-14-30)15-16-35-4/h5-8,21,23-24H,9-18H2,1-4H3,(H,28,33)/t21?,23-,24-/m1/s1. The SMILES string of the molecule is COCCN1CCN(c2ccc(C(=O)NC(CC(C)(C)C)C(=O)N3CC[C@H]4OCC(=O)[C@H]43)cc2)CC1. The van der Waals surface area contributed by atoms with E-state index in [1.165, 1.54) is 0 Å². The Morgan fingerprint density at radius 1 is 1.11 bits per heavy atom. The number of likely N-dealkylation sites (tertiary alicyclic amines) is 1. The molecule has 9 nitrogen and oxygen atoms in total. The van der Waals surface area contributed by atoms with Gasteiger partial charge in [-0.1, -0.05) is 20.8 Å². The molecular weight excluding hydrogens is 460 g/mol. The van der Waals surface area contributed by atoms with Gasteiger partial charge in [0.1, 0.15) is 18.7 Å². The van der Waals surface area contributed by atoms with E-state index in [9.17, 15) is 14.4 Å². The van der Waals surface area contributed by atoms with Crippen LogP contribution in [0.2, 0.25) is 0 Å². The number of methoxy groups -OCH3 is 1. The highest BCUT2D eigenvalue weighted by Gasteiger charge is 2.48. The number of ether oxygens (including phenoxy) is 2. The molecule has 1 aromatic rings. The lowest BCUT2D eigenvalue weighted by Gasteiger charge is -2.36. The van der Waals surface area contributed by atoms with Crippen molar-refractivity contribution in [1.82, 2.24) is 15.1 Å². The van der Waals surface area contributed by atoms with Crippen LogP contribution in [-0.4, -0.2) is 105 Å². The van der Waals surface area contributed by atoms with Crippen LogP contribution in [0.15, 0.2) is 24.3 Å². The van der Waals surface area contributed by atoms with Crippen LogP contribution >= 0.6 is 0 Å². The monoisotopic (exact) mass is 500 g/mol. The Bertz CT molecular complexity index is 936. The summed E-state index contributed by atoms with van der Waals surface area (Å²) >= 11 is 0. The Hall–Kier alpha value is -2.49. The van der Waals surface area contributed by atoms with Crippen LogP contribution in [0.5, 0.6) is 0 Å². The minimum Gasteiger partial charge on any atom is -0.383 e. The Labute approximate surface area is 214 Å². The molecule has 1 aromatic carbocycles. The molecule has 2 amide bonds. The zero-order valence-corrected chi connectivity index (χ0v) is 22.0. The average molecular weight is 501 g/mol. The maximum atomic E-state index is 13.5. The fraction of sp³-hybridized carbons (Fsp3) is 0.667. The summed E-state index contributed by atoms with van der Waals surface area (Å²) in [5.74, 6) is -0.535. The quantitative estimate of drug-likeness (QED) is 0.579. The van der Waals surface area contributed by atoms with E-state index in [4.69, 9.17) is 9.47 Å². The minimum atomic E-state index is -0.704. The van der Waals surface area contributed by atoms with Gasteiger partial charge in [0.15, 0.2) is 5.78 Å². The molecule has 4 rings (SSSR count). The van der Waals surface area contributed by atoms with Gasteiger partial charge >= 0.3 is 0 Å². The molecule has 0 saturated carbocycles. The number of carbonyl (C=O) groups excluding carboxylic acids is 3. The number of nitrogens with one attached hydrogen (secondary N) is 1. The zero-order chi connectivity index (χ0) is 25.9. The van der Waals surface area contributed by atoms with Crippen LogP contribution in [0.1, 0.15) is 44.0 Å². The molecule has 0 spiro atoms. The van der Waals surface area contributed by atoms with Crippen molar-refractivity contribution in [3.63, 3.8) is 0 Å². The number of benzene rings is 1. The molecule has 0 bridgehead atoms. The van der Waals surface area contributed by atoms with E-state index >= 15 is 0 Å². The fourth-order valence-electron chi connectivity index (χ4n) is 5.37. The molecule has 0 aromatic heterocycles. The third kappa shape index (κ3) is 6.25. The summed E-state index contributed by atoms with van der Waals surface area (Å²) in [6.07, 6.45) is 0.911. The molecule has 1 unspecified atom stereocenters. The number of fused-ring (bicyclic) bond motifs is 1. The number of anilines is 1. The van der Waals surface area contributed by atoms with E-state index in [1.807, 2.05) is 45.0 Å². The topological polar surface area (TPSA) is 91.4 Å². The lowest BCUT2D eigenvalue weighted by molar-refractivity contribution is -0.138.